The number of carbonyl (C=O) groups excluding carboxylic acids is 1. The zero-order valence-electron chi connectivity index (χ0n) is 17.3. The van der Waals surface area contributed by atoms with Crippen LogP contribution in [0.2, 0.25) is 0 Å². The fourth-order valence-electron chi connectivity index (χ4n) is 3.26. The number of thiazole rings is 1. The van der Waals surface area contributed by atoms with E-state index in [1.807, 2.05) is 25.1 Å². The maximum atomic E-state index is 13.1. The third-order valence-electron chi connectivity index (χ3n) is 4.94. The first-order chi connectivity index (χ1) is 15.3. The largest absolute Gasteiger partial charge is 0.467 e. The van der Waals surface area contributed by atoms with Crippen molar-refractivity contribution >= 4 is 42.4 Å². The number of fused-ring (bicyclic) bond motifs is 1. The highest BCUT2D eigenvalue weighted by Crippen LogP contribution is 2.31. The van der Waals surface area contributed by atoms with Gasteiger partial charge < -0.3 is 4.42 Å². The summed E-state index contributed by atoms with van der Waals surface area (Å²) in [6, 6.07) is 14.1. The molecule has 0 aliphatic carbocycles. The molecule has 2 aromatic heterocycles. The summed E-state index contributed by atoms with van der Waals surface area (Å²) in [7, 11) is -3.61. The van der Waals surface area contributed by atoms with Gasteiger partial charge in [-0.25, -0.2) is 17.8 Å². The smallest absolute Gasteiger partial charge is 0.229 e. The standard InChI is InChI=1S/C23H21FN2O4S2/c1-16-6-11-20-21(14-16)31-23(25-20)26(15-18-4-2-12-30-18)22(27)5-3-13-32(28,29)19-9-7-17(24)8-10-19/h2,4,6-12,14H,3,5,13,15H2,1H3. The predicted molar refractivity (Wildman–Crippen MR) is 122 cm³/mol. The maximum Gasteiger partial charge on any atom is 0.229 e. The third kappa shape index (κ3) is 5.05. The second kappa shape index (κ2) is 9.22. The molecule has 32 heavy (non-hydrogen) atoms. The summed E-state index contributed by atoms with van der Waals surface area (Å²) in [4.78, 5) is 19.3. The third-order valence-corrected chi connectivity index (χ3v) is 7.79. The van der Waals surface area contributed by atoms with Crippen molar-refractivity contribution in [3.63, 3.8) is 0 Å². The minimum Gasteiger partial charge on any atom is -0.467 e. The lowest BCUT2D eigenvalue weighted by Crippen LogP contribution is -2.30. The number of anilines is 1. The first-order valence-electron chi connectivity index (χ1n) is 10.00. The highest BCUT2D eigenvalue weighted by atomic mass is 32.2. The second-order valence-corrected chi connectivity index (χ2v) is 10.5. The predicted octanol–water partition coefficient (Wildman–Crippen LogP) is 5.12. The van der Waals surface area contributed by atoms with Crippen LogP contribution in [0, 0.1) is 12.7 Å². The average molecular weight is 473 g/mol. The second-order valence-electron chi connectivity index (χ2n) is 7.40. The van der Waals surface area contributed by atoms with E-state index in [1.165, 1.54) is 34.6 Å². The number of benzene rings is 2. The molecule has 9 heteroatoms. The molecule has 2 heterocycles. The molecule has 0 saturated carbocycles. The van der Waals surface area contributed by atoms with Gasteiger partial charge in [-0.05, 0) is 67.4 Å². The molecule has 0 unspecified atom stereocenters. The minimum absolute atomic E-state index is 0.0239. The minimum atomic E-state index is -3.61. The first-order valence-corrected chi connectivity index (χ1v) is 12.5. The fraction of sp³-hybridized carbons (Fsp3) is 0.217. The molecule has 0 N–H and O–H groups in total. The van der Waals surface area contributed by atoms with E-state index in [4.69, 9.17) is 4.42 Å². The highest BCUT2D eigenvalue weighted by molar-refractivity contribution is 7.91. The van der Waals surface area contributed by atoms with Gasteiger partial charge in [-0.3, -0.25) is 9.69 Å². The molecule has 4 aromatic rings. The van der Waals surface area contributed by atoms with E-state index in [0.29, 0.717) is 10.9 Å². The molecule has 1 amide bonds. The van der Waals surface area contributed by atoms with Crippen molar-refractivity contribution < 1.29 is 22.0 Å². The van der Waals surface area contributed by atoms with E-state index in [1.54, 1.807) is 12.1 Å². The fourth-order valence-corrected chi connectivity index (χ4v) is 5.66. The summed E-state index contributed by atoms with van der Waals surface area (Å²) in [5, 5.41) is 0.536. The quantitative estimate of drug-likeness (QED) is 0.332. The van der Waals surface area contributed by atoms with Gasteiger partial charge in [0.05, 0.1) is 33.7 Å². The maximum absolute atomic E-state index is 13.1. The van der Waals surface area contributed by atoms with Gasteiger partial charge in [0.1, 0.15) is 11.6 Å². The van der Waals surface area contributed by atoms with Crippen LogP contribution < -0.4 is 4.90 Å². The van der Waals surface area contributed by atoms with Crippen LogP contribution in [0.15, 0.2) is 70.2 Å². The van der Waals surface area contributed by atoms with Crippen molar-refractivity contribution in [3.05, 3.63) is 78.0 Å². The van der Waals surface area contributed by atoms with E-state index in [-0.39, 0.29) is 35.9 Å². The molecule has 0 fully saturated rings. The van der Waals surface area contributed by atoms with Gasteiger partial charge in [0.2, 0.25) is 5.91 Å². The molecule has 0 aliphatic heterocycles. The Labute approximate surface area is 189 Å². The monoisotopic (exact) mass is 472 g/mol. The molecule has 6 nitrogen and oxygen atoms in total. The average Bonchev–Trinajstić information content (AvgIpc) is 3.41. The topological polar surface area (TPSA) is 80.5 Å². The summed E-state index contributed by atoms with van der Waals surface area (Å²) in [6.45, 7) is 2.20. The Bertz CT molecular complexity index is 1330. The van der Waals surface area contributed by atoms with Gasteiger partial charge in [0.15, 0.2) is 15.0 Å². The number of halogens is 1. The number of hydrogen-bond donors (Lipinski definition) is 0. The van der Waals surface area contributed by atoms with Crippen molar-refractivity contribution in [2.75, 3.05) is 10.7 Å². The van der Waals surface area contributed by atoms with Crippen LogP contribution in [0.25, 0.3) is 10.2 Å². The summed E-state index contributed by atoms with van der Waals surface area (Å²) in [5.41, 5.74) is 1.90. The highest BCUT2D eigenvalue weighted by Gasteiger charge is 2.22. The Morgan fingerprint density at radius 3 is 2.66 bits per heavy atom. The number of amides is 1. The number of hydrogen-bond acceptors (Lipinski definition) is 6. The van der Waals surface area contributed by atoms with E-state index in [9.17, 15) is 17.6 Å². The zero-order chi connectivity index (χ0) is 22.7. The van der Waals surface area contributed by atoms with Crippen LogP contribution in [0.3, 0.4) is 0 Å². The van der Waals surface area contributed by atoms with Crippen LogP contribution in [0.5, 0.6) is 0 Å². The molecule has 0 spiro atoms. The van der Waals surface area contributed by atoms with E-state index >= 15 is 0 Å². The molecule has 166 valence electrons. The van der Waals surface area contributed by atoms with Crippen molar-refractivity contribution in [1.82, 2.24) is 4.98 Å². The molecule has 0 atom stereocenters. The lowest BCUT2D eigenvalue weighted by Gasteiger charge is -2.18. The Hall–Kier alpha value is -3.04. The van der Waals surface area contributed by atoms with Crippen molar-refractivity contribution in [2.24, 2.45) is 0 Å². The normalized spacial score (nSPS) is 11.7. The van der Waals surface area contributed by atoms with E-state index < -0.39 is 15.7 Å². The van der Waals surface area contributed by atoms with Crippen LogP contribution in [0.1, 0.15) is 24.2 Å². The van der Waals surface area contributed by atoms with Crippen molar-refractivity contribution in [3.8, 4) is 0 Å². The molecule has 0 saturated heterocycles. The summed E-state index contributed by atoms with van der Waals surface area (Å²) >= 11 is 1.41. The van der Waals surface area contributed by atoms with Gasteiger partial charge in [-0.1, -0.05) is 17.4 Å². The molecular weight excluding hydrogens is 451 g/mol. The summed E-state index contributed by atoms with van der Waals surface area (Å²) < 4.78 is 44.5. The SMILES string of the molecule is Cc1ccc2nc(N(Cc3ccco3)C(=O)CCCS(=O)(=O)c3ccc(F)cc3)sc2c1. The van der Waals surface area contributed by atoms with Gasteiger partial charge in [0.25, 0.3) is 0 Å². The lowest BCUT2D eigenvalue weighted by molar-refractivity contribution is -0.118. The van der Waals surface area contributed by atoms with Crippen LogP contribution in [0.4, 0.5) is 9.52 Å². The van der Waals surface area contributed by atoms with E-state index in [2.05, 4.69) is 4.98 Å². The van der Waals surface area contributed by atoms with Crippen LogP contribution in [-0.4, -0.2) is 25.1 Å². The van der Waals surface area contributed by atoms with Crippen molar-refractivity contribution in [1.29, 1.82) is 0 Å². The van der Waals surface area contributed by atoms with Gasteiger partial charge in [0, 0.05) is 6.42 Å². The molecular formula is C23H21FN2O4S2. The molecule has 0 bridgehead atoms. The summed E-state index contributed by atoms with van der Waals surface area (Å²) in [5.74, 6) is -0.351. The number of nitrogens with zero attached hydrogens (tertiary/aromatic N) is 2. The van der Waals surface area contributed by atoms with Gasteiger partial charge >= 0.3 is 0 Å². The van der Waals surface area contributed by atoms with Gasteiger partial charge in [-0.2, -0.15) is 0 Å². The Kier molecular flexibility index (Phi) is 6.38. The molecule has 0 radical (unpaired) electrons. The number of rotatable bonds is 8. The lowest BCUT2D eigenvalue weighted by atomic mass is 10.2. The zero-order valence-corrected chi connectivity index (χ0v) is 19.0. The molecule has 0 aliphatic rings. The summed E-state index contributed by atoms with van der Waals surface area (Å²) in [6.07, 6.45) is 1.70. The number of aromatic nitrogens is 1. The van der Waals surface area contributed by atoms with E-state index in [0.717, 1.165) is 27.9 Å². The van der Waals surface area contributed by atoms with Crippen LogP contribution >= 0.6 is 11.3 Å². The van der Waals surface area contributed by atoms with Crippen LogP contribution in [-0.2, 0) is 21.2 Å². The Balaban J connectivity index is 1.50. The first kappa shape index (κ1) is 22.2. The number of carbonyl (C=O) groups is 1. The molecule has 4 rings (SSSR count). The Morgan fingerprint density at radius 1 is 1.16 bits per heavy atom. The number of furan rings is 1. The van der Waals surface area contributed by atoms with Crippen molar-refractivity contribution in [2.45, 2.75) is 31.2 Å². The Morgan fingerprint density at radius 2 is 1.94 bits per heavy atom. The number of aryl methyl sites for hydroxylation is 1. The molecule has 2 aromatic carbocycles. The number of sulfone groups is 1. The van der Waals surface area contributed by atoms with Gasteiger partial charge in [-0.15, -0.1) is 0 Å².